The van der Waals surface area contributed by atoms with Crippen molar-refractivity contribution in [1.82, 2.24) is 0 Å². The molecular weight excluding hydrogens is 416 g/mol. The van der Waals surface area contributed by atoms with Crippen LogP contribution in [-0.4, -0.2) is 17.6 Å². The highest BCUT2D eigenvalue weighted by Crippen LogP contribution is 2.42. The summed E-state index contributed by atoms with van der Waals surface area (Å²) in [5.41, 5.74) is 4.44. The molecule has 1 saturated heterocycles. The van der Waals surface area contributed by atoms with Gasteiger partial charge >= 0.3 is 0 Å². The summed E-state index contributed by atoms with van der Waals surface area (Å²) in [4.78, 5) is 27.4. The predicted molar refractivity (Wildman–Crippen MR) is 132 cm³/mol. The lowest BCUT2D eigenvalue weighted by Crippen LogP contribution is -2.27. The molecule has 2 amide bonds. The second kappa shape index (κ2) is 8.52. The van der Waals surface area contributed by atoms with Crippen molar-refractivity contribution < 1.29 is 9.59 Å². The first-order chi connectivity index (χ1) is 15.6. The standard InChI is InChI=1S/C27H22N2O2S/c1-18-6-4-9-22(16-18)29-25(30)17-32-27(29)20-12-14-21(15-13-20)28-26(31)24-11-5-8-19-7-2-3-10-23(19)24/h2-16,27H,17H2,1H3,(H,28,31). The zero-order valence-electron chi connectivity index (χ0n) is 17.6. The minimum Gasteiger partial charge on any atom is -0.322 e. The van der Waals surface area contributed by atoms with Crippen molar-refractivity contribution in [3.8, 4) is 0 Å². The van der Waals surface area contributed by atoms with Crippen LogP contribution >= 0.6 is 11.8 Å². The van der Waals surface area contributed by atoms with E-state index in [1.54, 1.807) is 11.8 Å². The van der Waals surface area contributed by atoms with Gasteiger partial charge in [0, 0.05) is 16.9 Å². The molecule has 1 fully saturated rings. The zero-order valence-corrected chi connectivity index (χ0v) is 18.4. The molecule has 0 bridgehead atoms. The van der Waals surface area contributed by atoms with Crippen molar-refractivity contribution in [2.24, 2.45) is 0 Å². The highest BCUT2D eigenvalue weighted by atomic mass is 32.2. The van der Waals surface area contributed by atoms with Gasteiger partial charge in [0.25, 0.3) is 5.91 Å². The molecule has 0 saturated carbocycles. The number of benzene rings is 4. The Morgan fingerprint density at radius 1 is 0.938 bits per heavy atom. The lowest BCUT2D eigenvalue weighted by molar-refractivity contribution is -0.115. The summed E-state index contributed by atoms with van der Waals surface area (Å²) >= 11 is 1.62. The first-order valence-corrected chi connectivity index (χ1v) is 11.5. The van der Waals surface area contributed by atoms with Crippen LogP contribution in [0, 0.1) is 6.92 Å². The second-order valence-corrected chi connectivity index (χ2v) is 8.94. The van der Waals surface area contributed by atoms with Crippen molar-refractivity contribution >= 4 is 45.7 Å². The van der Waals surface area contributed by atoms with Crippen LogP contribution in [0.3, 0.4) is 0 Å². The summed E-state index contributed by atoms with van der Waals surface area (Å²) in [6, 6.07) is 29.4. The Morgan fingerprint density at radius 3 is 2.50 bits per heavy atom. The van der Waals surface area contributed by atoms with Crippen molar-refractivity contribution in [3.63, 3.8) is 0 Å². The Bertz CT molecular complexity index is 1310. The van der Waals surface area contributed by atoms with Crippen LogP contribution in [0.4, 0.5) is 11.4 Å². The Kier molecular flexibility index (Phi) is 5.41. The number of anilines is 2. The maximum absolute atomic E-state index is 12.9. The van der Waals surface area contributed by atoms with Crippen LogP contribution in [0.1, 0.15) is 26.9 Å². The molecule has 1 aliphatic heterocycles. The van der Waals surface area contributed by atoms with Gasteiger partial charge in [-0.25, -0.2) is 0 Å². The number of carbonyl (C=O) groups excluding carboxylic acids is 2. The number of nitrogens with one attached hydrogen (secondary N) is 1. The number of amides is 2. The number of nitrogens with zero attached hydrogens (tertiary/aromatic N) is 1. The molecular formula is C27H22N2O2S. The lowest BCUT2D eigenvalue weighted by Gasteiger charge is -2.25. The monoisotopic (exact) mass is 438 g/mol. The van der Waals surface area contributed by atoms with Gasteiger partial charge in [-0.15, -0.1) is 11.8 Å². The van der Waals surface area contributed by atoms with E-state index in [4.69, 9.17) is 0 Å². The highest BCUT2D eigenvalue weighted by Gasteiger charge is 2.34. The largest absolute Gasteiger partial charge is 0.322 e. The quantitative estimate of drug-likeness (QED) is 0.414. The summed E-state index contributed by atoms with van der Waals surface area (Å²) in [5.74, 6) is 0.429. The highest BCUT2D eigenvalue weighted by molar-refractivity contribution is 8.00. The van der Waals surface area contributed by atoms with E-state index in [9.17, 15) is 9.59 Å². The van der Waals surface area contributed by atoms with Crippen LogP contribution < -0.4 is 10.2 Å². The molecule has 4 aromatic carbocycles. The molecule has 0 aromatic heterocycles. The molecule has 0 spiro atoms. The fourth-order valence-corrected chi connectivity index (χ4v) is 5.26. The summed E-state index contributed by atoms with van der Waals surface area (Å²) < 4.78 is 0. The van der Waals surface area contributed by atoms with E-state index in [1.807, 2.05) is 103 Å². The fraction of sp³-hybridized carbons (Fsp3) is 0.111. The van der Waals surface area contributed by atoms with E-state index in [0.29, 0.717) is 11.3 Å². The van der Waals surface area contributed by atoms with Gasteiger partial charge in [0.15, 0.2) is 0 Å². The van der Waals surface area contributed by atoms with Gasteiger partial charge < -0.3 is 5.32 Å². The smallest absolute Gasteiger partial charge is 0.256 e. The topological polar surface area (TPSA) is 49.4 Å². The summed E-state index contributed by atoms with van der Waals surface area (Å²) in [5, 5.41) is 4.89. The third-order valence-corrected chi connectivity index (χ3v) is 6.85. The minimum absolute atomic E-state index is 0.0767. The van der Waals surface area contributed by atoms with Crippen LogP contribution in [-0.2, 0) is 4.79 Å². The summed E-state index contributed by atoms with van der Waals surface area (Å²) in [6.07, 6.45) is 0. The number of carbonyl (C=O) groups is 2. The van der Waals surface area contributed by atoms with Crippen molar-refractivity contribution in [1.29, 1.82) is 0 Å². The molecule has 32 heavy (non-hydrogen) atoms. The second-order valence-electron chi connectivity index (χ2n) is 7.87. The Hall–Kier alpha value is -3.57. The van der Waals surface area contributed by atoms with Crippen molar-refractivity contribution in [2.45, 2.75) is 12.3 Å². The van der Waals surface area contributed by atoms with Gasteiger partial charge in [0.05, 0.1) is 5.75 Å². The van der Waals surface area contributed by atoms with Gasteiger partial charge in [0.2, 0.25) is 5.91 Å². The predicted octanol–water partition coefficient (Wildman–Crippen LogP) is 6.18. The van der Waals surface area contributed by atoms with Crippen LogP contribution in [0.25, 0.3) is 10.8 Å². The number of fused-ring (bicyclic) bond motifs is 1. The Morgan fingerprint density at radius 2 is 1.69 bits per heavy atom. The van der Waals surface area contributed by atoms with Crippen LogP contribution in [0.2, 0.25) is 0 Å². The average molecular weight is 439 g/mol. The first-order valence-electron chi connectivity index (χ1n) is 10.5. The normalized spacial score (nSPS) is 15.8. The third-order valence-electron chi connectivity index (χ3n) is 5.64. The molecule has 4 nitrogen and oxygen atoms in total. The van der Waals surface area contributed by atoms with Crippen molar-refractivity contribution in [3.05, 3.63) is 108 Å². The molecule has 5 heteroatoms. The third kappa shape index (κ3) is 3.87. The molecule has 5 rings (SSSR count). The number of thioether (sulfide) groups is 1. The van der Waals surface area contributed by atoms with E-state index in [2.05, 4.69) is 5.32 Å². The van der Waals surface area contributed by atoms with Crippen LogP contribution in [0.5, 0.6) is 0 Å². The molecule has 0 radical (unpaired) electrons. The van der Waals surface area contributed by atoms with Crippen LogP contribution in [0.15, 0.2) is 91.0 Å². The molecule has 1 unspecified atom stereocenters. The molecule has 158 valence electrons. The average Bonchev–Trinajstić information content (AvgIpc) is 3.20. The minimum atomic E-state index is -0.138. The number of rotatable bonds is 4. The molecule has 1 aliphatic rings. The number of hydrogen-bond donors (Lipinski definition) is 1. The molecule has 1 heterocycles. The molecule has 4 aromatic rings. The molecule has 1 atom stereocenters. The molecule has 1 N–H and O–H groups in total. The van der Waals surface area contributed by atoms with E-state index in [0.717, 1.165) is 33.3 Å². The van der Waals surface area contributed by atoms with Gasteiger partial charge in [-0.05, 0) is 59.2 Å². The van der Waals surface area contributed by atoms with E-state index >= 15 is 0 Å². The first kappa shape index (κ1) is 20.3. The maximum Gasteiger partial charge on any atom is 0.256 e. The maximum atomic E-state index is 12.9. The van der Waals surface area contributed by atoms with Gasteiger partial charge in [-0.3, -0.25) is 14.5 Å². The fourth-order valence-electron chi connectivity index (χ4n) is 4.08. The van der Waals surface area contributed by atoms with Gasteiger partial charge in [-0.2, -0.15) is 0 Å². The Balaban J connectivity index is 1.37. The number of hydrogen-bond acceptors (Lipinski definition) is 3. The SMILES string of the molecule is Cc1cccc(N2C(=O)CSC2c2ccc(NC(=O)c3cccc4ccccc34)cc2)c1. The lowest BCUT2D eigenvalue weighted by atomic mass is 10.0. The summed E-state index contributed by atoms with van der Waals surface area (Å²) in [7, 11) is 0. The van der Waals surface area contributed by atoms with Gasteiger partial charge in [0.1, 0.15) is 5.37 Å². The van der Waals surface area contributed by atoms with Crippen molar-refractivity contribution in [2.75, 3.05) is 16.0 Å². The van der Waals surface area contributed by atoms with E-state index in [1.165, 1.54) is 0 Å². The Labute approximate surface area is 191 Å². The van der Waals surface area contributed by atoms with Gasteiger partial charge in [-0.1, -0.05) is 60.7 Å². The van der Waals surface area contributed by atoms with E-state index in [-0.39, 0.29) is 17.2 Å². The summed E-state index contributed by atoms with van der Waals surface area (Å²) in [6.45, 7) is 2.03. The zero-order chi connectivity index (χ0) is 22.1. The molecule has 0 aliphatic carbocycles. The van der Waals surface area contributed by atoms with E-state index < -0.39 is 0 Å². The number of aryl methyl sites for hydroxylation is 1.